The lowest BCUT2D eigenvalue weighted by molar-refractivity contribution is 1.17. The van der Waals surface area contributed by atoms with Crippen molar-refractivity contribution in [1.29, 1.82) is 0 Å². The summed E-state index contributed by atoms with van der Waals surface area (Å²) < 4.78 is 0. The Labute approximate surface area is 138 Å². The zero-order chi connectivity index (χ0) is 16.4. The van der Waals surface area contributed by atoms with Gasteiger partial charge in [-0.3, -0.25) is 0 Å². The van der Waals surface area contributed by atoms with Crippen molar-refractivity contribution in [3.63, 3.8) is 0 Å². The number of aromatic nitrogens is 4. The van der Waals surface area contributed by atoms with Crippen LogP contribution in [0.2, 0.25) is 0 Å². The first kappa shape index (κ1) is 14.0. The van der Waals surface area contributed by atoms with Crippen LogP contribution in [0.25, 0.3) is 22.3 Å². The summed E-state index contributed by atoms with van der Waals surface area (Å²) in [6.07, 6.45) is 8.84. The maximum atomic E-state index is 5.43. The number of rotatable bonds is 3. The average molecular weight is 311 g/mol. The summed E-state index contributed by atoms with van der Waals surface area (Å²) in [6, 6.07) is 15.4. The first-order valence-electron chi connectivity index (χ1n) is 7.42. The predicted octanol–water partition coefficient (Wildman–Crippen LogP) is 3.74. The molecule has 2 heterocycles. The Kier molecular flexibility index (Phi) is 3.41. The van der Waals surface area contributed by atoms with Crippen molar-refractivity contribution in [3.05, 3.63) is 66.6 Å². The fraction of sp³-hybridized carbons (Fsp3) is 0. The maximum Gasteiger partial charge on any atom is 0.227 e. The lowest BCUT2D eigenvalue weighted by atomic mass is 10.1. The highest BCUT2D eigenvalue weighted by molar-refractivity contribution is 5.80. The predicted molar refractivity (Wildman–Crippen MR) is 94.8 cm³/mol. The van der Waals surface area contributed by atoms with Crippen molar-refractivity contribution in [2.45, 2.75) is 0 Å². The van der Waals surface area contributed by atoms with E-state index in [9.17, 15) is 0 Å². The molecule has 0 radical (unpaired) electrons. The average Bonchev–Trinajstić information content (AvgIpc) is 3.10. The highest BCUT2D eigenvalue weighted by Crippen LogP contribution is 2.22. The van der Waals surface area contributed by atoms with E-state index in [4.69, 9.17) is 6.42 Å². The number of terminal acetylenes is 1. The van der Waals surface area contributed by atoms with E-state index >= 15 is 0 Å². The van der Waals surface area contributed by atoms with Gasteiger partial charge in [-0.05, 0) is 36.4 Å². The molecular weight excluding hydrogens is 298 g/mol. The van der Waals surface area contributed by atoms with E-state index in [0.717, 1.165) is 33.5 Å². The molecule has 0 unspecified atom stereocenters. The number of nitrogens with zero attached hydrogens (tertiary/aromatic N) is 3. The molecule has 4 rings (SSSR count). The third-order valence-electron chi connectivity index (χ3n) is 3.66. The molecule has 0 spiro atoms. The van der Waals surface area contributed by atoms with Crippen molar-refractivity contribution >= 4 is 22.7 Å². The van der Waals surface area contributed by atoms with Crippen LogP contribution in [0.5, 0.6) is 0 Å². The molecule has 0 fully saturated rings. The van der Waals surface area contributed by atoms with Gasteiger partial charge in [-0.1, -0.05) is 18.1 Å². The number of imidazole rings is 1. The third-order valence-corrected chi connectivity index (χ3v) is 3.66. The van der Waals surface area contributed by atoms with Gasteiger partial charge in [0, 0.05) is 23.0 Å². The van der Waals surface area contributed by atoms with Crippen molar-refractivity contribution in [2.75, 3.05) is 5.32 Å². The fourth-order valence-corrected chi connectivity index (χ4v) is 2.49. The maximum absolute atomic E-state index is 5.43. The van der Waals surface area contributed by atoms with Gasteiger partial charge in [-0.2, -0.15) is 0 Å². The van der Waals surface area contributed by atoms with Gasteiger partial charge in [0.15, 0.2) is 0 Å². The first-order chi connectivity index (χ1) is 11.8. The number of hydrogen-bond donors (Lipinski definition) is 2. The molecule has 0 saturated carbocycles. The second-order valence-electron chi connectivity index (χ2n) is 5.25. The largest absolute Gasteiger partial charge is 0.345 e. The summed E-state index contributed by atoms with van der Waals surface area (Å²) in [4.78, 5) is 16.2. The summed E-state index contributed by atoms with van der Waals surface area (Å²) in [7, 11) is 0. The number of H-pyrrole nitrogens is 1. The first-order valence-corrected chi connectivity index (χ1v) is 7.42. The van der Waals surface area contributed by atoms with Crippen LogP contribution in [0.4, 0.5) is 11.6 Å². The molecule has 0 bridgehead atoms. The standard InChI is InChI=1S/C19H13N5/c1-2-13-4-3-5-15(10-13)23-19-20-9-8-16(24-19)14-6-7-17-18(11-14)22-12-21-17/h1,3-12H,(H,21,22)(H,20,23,24). The summed E-state index contributed by atoms with van der Waals surface area (Å²) in [5.74, 6) is 3.13. The molecule has 0 aliphatic heterocycles. The minimum absolute atomic E-state index is 0.517. The molecule has 2 aromatic carbocycles. The molecule has 0 aliphatic carbocycles. The minimum atomic E-state index is 0.517. The van der Waals surface area contributed by atoms with Crippen LogP contribution >= 0.6 is 0 Å². The minimum Gasteiger partial charge on any atom is -0.345 e. The SMILES string of the molecule is C#Cc1cccc(Nc2nccc(-c3ccc4[nH]cnc4c3)n2)c1. The Bertz CT molecular complexity index is 1060. The molecular formula is C19H13N5. The monoisotopic (exact) mass is 311 g/mol. The fourth-order valence-electron chi connectivity index (χ4n) is 2.49. The zero-order valence-corrected chi connectivity index (χ0v) is 12.7. The molecule has 0 saturated heterocycles. The van der Waals surface area contributed by atoms with Gasteiger partial charge in [0.1, 0.15) is 0 Å². The van der Waals surface area contributed by atoms with Gasteiger partial charge in [0.2, 0.25) is 5.95 Å². The summed E-state index contributed by atoms with van der Waals surface area (Å²) in [6.45, 7) is 0. The Morgan fingerprint density at radius 2 is 2.00 bits per heavy atom. The number of anilines is 2. The highest BCUT2D eigenvalue weighted by atomic mass is 15.1. The normalized spacial score (nSPS) is 10.5. The van der Waals surface area contributed by atoms with E-state index < -0.39 is 0 Å². The molecule has 5 nitrogen and oxygen atoms in total. The Morgan fingerprint density at radius 3 is 2.92 bits per heavy atom. The molecule has 0 amide bonds. The van der Waals surface area contributed by atoms with Gasteiger partial charge in [-0.15, -0.1) is 6.42 Å². The van der Waals surface area contributed by atoms with Crippen LogP contribution in [0.3, 0.4) is 0 Å². The quantitative estimate of drug-likeness (QED) is 0.566. The third kappa shape index (κ3) is 2.69. The van der Waals surface area contributed by atoms with E-state index in [2.05, 4.69) is 31.2 Å². The number of fused-ring (bicyclic) bond motifs is 1. The van der Waals surface area contributed by atoms with E-state index in [1.807, 2.05) is 48.5 Å². The molecule has 24 heavy (non-hydrogen) atoms. The Balaban J connectivity index is 1.66. The number of benzene rings is 2. The highest BCUT2D eigenvalue weighted by Gasteiger charge is 2.05. The second-order valence-corrected chi connectivity index (χ2v) is 5.25. The van der Waals surface area contributed by atoms with E-state index in [0.29, 0.717) is 5.95 Å². The van der Waals surface area contributed by atoms with Gasteiger partial charge < -0.3 is 10.3 Å². The van der Waals surface area contributed by atoms with Gasteiger partial charge in [-0.25, -0.2) is 15.0 Å². The van der Waals surface area contributed by atoms with Gasteiger partial charge in [0.25, 0.3) is 0 Å². The van der Waals surface area contributed by atoms with Crippen LogP contribution in [-0.4, -0.2) is 19.9 Å². The molecule has 5 heteroatoms. The smallest absolute Gasteiger partial charge is 0.227 e. The Hall–Kier alpha value is -3.65. The number of aromatic amines is 1. The molecule has 0 aliphatic rings. The summed E-state index contributed by atoms with van der Waals surface area (Å²) >= 11 is 0. The summed E-state index contributed by atoms with van der Waals surface area (Å²) in [5, 5.41) is 3.18. The second kappa shape index (κ2) is 5.86. The van der Waals surface area contributed by atoms with Crippen molar-refractivity contribution in [1.82, 2.24) is 19.9 Å². The number of hydrogen-bond acceptors (Lipinski definition) is 4. The van der Waals surface area contributed by atoms with Crippen molar-refractivity contribution < 1.29 is 0 Å². The van der Waals surface area contributed by atoms with Crippen LogP contribution in [0.15, 0.2) is 61.1 Å². The van der Waals surface area contributed by atoms with Crippen molar-refractivity contribution in [2.24, 2.45) is 0 Å². The van der Waals surface area contributed by atoms with Crippen LogP contribution in [0, 0.1) is 12.3 Å². The van der Waals surface area contributed by atoms with Gasteiger partial charge >= 0.3 is 0 Å². The molecule has 2 N–H and O–H groups in total. The van der Waals surface area contributed by atoms with E-state index in [-0.39, 0.29) is 0 Å². The molecule has 0 atom stereocenters. The molecule has 114 valence electrons. The lowest BCUT2D eigenvalue weighted by Crippen LogP contribution is -1.98. The lowest BCUT2D eigenvalue weighted by Gasteiger charge is -2.07. The zero-order valence-electron chi connectivity index (χ0n) is 12.7. The van der Waals surface area contributed by atoms with Gasteiger partial charge in [0.05, 0.1) is 23.1 Å². The van der Waals surface area contributed by atoms with Crippen LogP contribution < -0.4 is 5.32 Å². The van der Waals surface area contributed by atoms with Crippen LogP contribution in [0.1, 0.15) is 5.56 Å². The topological polar surface area (TPSA) is 66.5 Å². The van der Waals surface area contributed by atoms with E-state index in [1.54, 1.807) is 12.5 Å². The van der Waals surface area contributed by atoms with E-state index in [1.165, 1.54) is 0 Å². The van der Waals surface area contributed by atoms with Crippen LogP contribution in [-0.2, 0) is 0 Å². The number of nitrogens with one attached hydrogen (secondary N) is 2. The Morgan fingerprint density at radius 1 is 1.04 bits per heavy atom. The molecule has 4 aromatic rings. The van der Waals surface area contributed by atoms with Crippen molar-refractivity contribution in [3.8, 4) is 23.6 Å². The summed E-state index contributed by atoms with van der Waals surface area (Å²) in [5.41, 5.74) is 5.37. The molecule has 2 aromatic heterocycles.